The molecule has 1 aliphatic carbocycles. The first kappa shape index (κ1) is 29.5. The maximum atomic E-state index is 6.71. The van der Waals surface area contributed by atoms with Gasteiger partial charge in [0.05, 0.1) is 11.4 Å². The Kier molecular flexibility index (Phi) is 6.56. The Bertz CT molecular complexity index is 2800. The summed E-state index contributed by atoms with van der Waals surface area (Å²) < 4.78 is 6.71. The van der Waals surface area contributed by atoms with E-state index in [9.17, 15) is 0 Å². The number of nitrogens with zero attached hydrogens (tertiary/aromatic N) is 1. The molecule has 9 aromatic rings. The molecule has 0 atom stereocenters. The summed E-state index contributed by atoms with van der Waals surface area (Å²) in [5, 5.41) is 4.73. The predicted octanol–water partition coefficient (Wildman–Crippen LogP) is 13.8. The van der Waals surface area contributed by atoms with E-state index in [1.54, 1.807) is 0 Å². The van der Waals surface area contributed by atoms with Crippen molar-refractivity contribution in [1.29, 1.82) is 0 Å². The smallest absolute Gasteiger partial charge is 0.159 e. The second-order valence-corrected chi connectivity index (χ2v) is 14.1. The van der Waals surface area contributed by atoms with Gasteiger partial charge in [-0.15, -0.1) is 0 Å². The van der Waals surface area contributed by atoms with Crippen LogP contribution < -0.4 is 4.90 Å². The molecule has 51 heavy (non-hydrogen) atoms. The molecule has 1 aromatic heterocycles. The van der Waals surface area contributed by atoms with Gasteiger partial charge in [0.2, 0.25) is 0 Å². The standard InChI is InChI=1S/C49H35NO/c1-49(2)43-24-8-5-20-39(43)40-29-28-35(31-44(40)49)50(46-26-13-23-42-41-21-7-10-27-47(41)51-48(42)46)45-25-9-6-19-38(45)34-17-11-16-33(30-34)37-22-12-15-32-14-3-4-18-36(32)37/h3-31H,1-2H3. The number of fused-ring (bicyclic) bond motifs is 7. The first-order valence-corrected chi connectivity index (χ1v) is 17.7. The van der Waals surface area contributed by atoms with Crippen molar-refractivity contribution in [3.05, 3.63) is 187 Å². The molecule has 8 aromatic carbocycles. The molecule has 0 bridgehead atoms. The quantitative estimate of drug-likeness (QED) is 0.184. The van der Waals surface area contributed by atoms with Crippen LogP contribution in [0, 0.1) is 0 Å². The van der Waals surface area contributed by atoms with E-state index in [2.05, 4.69) is 189 Å². The number of rotatable bonds is 5. The molecule has 1 aliphatic rings. The summed E-state index contributed by atoms with van der Waals surface area (Å²) in [6.45, 7) is 4.69. The minimum atomic E-state index is -0.134. The van der Waals surface area contributed by atoms with Crippen molar-refractivity contribution in [2.75, 3.05) is 4.90 Å². The molecular formula is C49H35NO. The molecule has 0 saturated heterocycles. The summed E-state index contributed by atoms with van der Waals surface area (Å²) in [5.41, 5.74) is 14.9. The Morgan fingerprint density at radius 3 is 1.94 bits per heavy atom. The SMILES string of the molecule is CC1(C)c2ccccc2-c2ccc(N(c3ccccc3-c3cccc(-c4cccc5ccccc45)c3)c3cccc4c3oc3ccccc34)cc21. The summed E-state index contributed by atoms with van der Waals surface area (Å²) in [6, 6.07) is 63.7. The molecule has 0 unspecified atom stereocenters. The van der Waals surface area contributed by atoms with Crippen molar-refractivity contribution in [2.24, 2.45) is 0 Å². The zero-order valence-electron chi connectivity index (χ0n) is 28.6. The van der Waals surface area contributed by atoms with E-state index < -0.39 is 0 Å². The van der Waals surface area contributed by atoms with E-state index in [1.807, 2.05) is 6.07 Å². The van der Waals surface area contributed by atoms with Crippen LogP contribution in [0.3, 0.4) is 0 Å². The second kappa shape index (κ2) is 11.3. The summed E-state index contributed by atoms with van der Waals surface area (Å²) in [6.07, 6.45) is 0. The summed E-state index contributed by atoms with van der Waals surface area (Å²) in [4.78, 5) is 2.41. The van der Waals surface area contributed by atoms with E-state index in [4.69, 9.17) is 4.42 Å². The average Bonchev–Trinajstić information content (AvgIpc) is 3.67. The highest BCUT2D eigenvalue weighted by Gasteiger charge is 2.36. The monoisotopic (exact) mass is 653 g/mol. The van der Waals surface area contributed by atoms with Crippen LogP contribution in [0.25, 0.3) is 66.1 Å². The lowest BCUT2D eigenvalue weighted by Gasteiger charge is -2.30. The summed E-state index contributed by atoms with van der Waals surface area (Å²) >= 11 is 0. The number of benzene rings is 8. The fourth-order valence-electron chi connectivity index (χ4n) is 8.39. The van der Waals surface area contributed by atoms with Gasteiger partial charge in [-0.3, -0.25) is 0 Å². The third-order valence-corrected chi connectivity index (χ3v) is 10.9. The highest BCUT2D eigenvalue weighted by Crippen LogP contribution is 2.52. The average molecular weight is 654 g/mol. The fraction of sp³-hybridized carbons (Fsp3) is 0.0612. The maximum Gasteiger partial charge on any atom is 0.159 e. The van der Waals surface area contributed by atoms with Gasteiger partial charge in [-0.25, -0.2) is 0 Å². The second-order valence-electron chi connectivity index (χ2n) is 14.1. The molecule has 0 aliphatic heterocycles. The Hall–Kier alpha value is -6.38. The van der Waals surface area contributed by atoms with Crippen molar-refractivity contribution in [2.45, 2.75) is 19.3 Å². The molecule has 0 saturated carbocycles. The first-order valence-electron chi connectivity index (χ1n) is 17.7. The van der Waals surface area contributed by atoms with Crippen LogP contribution in [0.2, 0.25) is 0 Å². The van der Waals surface area contributed by atoms with Crippen LogP contribution >= 0.6 is 0 Å². The molecule has 0 amide bonds. The molecule has 2 nitrogen and oxygen atoms in total. The van der Waals surface area contributed by atoms with Gasteiger partial charge in [0, 0.05) is 27.4 Å². The fourth-order valence-corrected chi connectivity index (χ4v) is 8.39. The molecular weight excluding hydrogens is 619 g/mol. The molecule has 0 radical (unpaired) electrons. The maximum absolute atomic E-state index is 6.71. The number of para-hydroxylation sites is 3. The Morgan fingerprint density at radius 2 is 1.04 bits per heavy atom. The summed E-state index contributed by atoms with van der Waals surface area (Å²) in [5.74, 6) is 0. The molecule has 0 N–H and O–H groups in total. The molecule has 0 fully saturated rings. The lowest BCUT2D eigenvalue weighted by atomic mass is 9.82. The number of furan rings is 1. The third kappa shape index (κ3) is 4.57. The summed E-state index contributed by atoms with van der Waals surface area (Å²) in [7, 11) is 0. The molecule has 2 heteroatoms. The van der Waals surface area contributed by atoms with Crippen molar-refractivity contribution >= 4 is 49.8 Å². The third-order valence-electron chi connectivity index (χ3n) is 10.9. The van der Waals surface area contributed by atoms with E-state index in [1.165, 1.54) is 44.2 Å². The van der Waals surface area contributed by atoms with E-state index >= 15 is 0 Å². The Balaban J connectivity index is 1.21. The lowest BCUT2D eigenvalue weighted by molar-refractivity contribution is 0.660. The minimum Gasteiger partial charge on any atom is -0.454 e. The van der Waals surface area contributed by atoms with Crippen molar-refractivity contribution in [1.82, 2.24) is 0 Å². The van der Waals surface area contributed by atoms with Crippen molar-refractivity contribution < 1.29 is 4.42 Å². The highest BCUT2D eigenvalue weighted by molar-refractivity contribution is 6.11. The molecule has 0 spiro atoms. The van der Waals surface area contributed by atoms with Crippen LogP contribution in [0.4, 0.5) is 17.1 Å². The zero-order chi connectivity index (χ0) is 34.1. The minimum absolute atomic E-state index is 0.134. The van der Waals surface area contributed by atoms with E-state index in [0.717, 1.165) is 50.1 Å². The number of anilines is 3. The van der Waals surface area contributed by atoms with Gasteiger partial charge in [-0.1, -0.05) is 153 Å². The topological polar surface area (TPSA) is 16.4 Å². The van der Waals surface area contributed by atoms with Crippen molar-refractivity contribution in [3.8, 4) is 33.4 Å². The van der Waals surface area contributed by atoms with E-state index in [-0.39, 0.29) is 5.41 Å². The van der Waals surface area contributed by atoms with E-state index in [0.29, 0.717) is 0 Å². The highest BCUT2D eigenvalue weighted by atomic mass is 16.3. The zero-order valence-corrected chi connectivity index (χ0v) is 28.6. The van der Waals surface area contributed by atoms with Crippen LogP contribution in [0.1, 0.15) is 25.0 Å². The normalized spacial score (nSPS) is 13.1. The van der Waals surface area contributed by atoms with Gasteiger partial charge in [-0.05, 0) is 86.1 Å². The van der Waals surface area contributed by atoms with Gasteiger partial charge in [0.15, 0.2) is 5.58 Å². The van der Waals surface area contributed by atoms with Gasteiger partial charge in [-0.2, -0.15) is 0 Å². The predicted molar refractivity (Wildman–Crippen MR) is 214 cm³/mol. The van der Waals surface area contributed by atoms with Crippen LogP contribution in [0.15, 0.2) is 180 Å². The van der Waals surface area contributed by atoms with Gasteiger partial charge < -0.3 is 9.32 Å². The molecule has 242 valence electrons. The Labute approximate surface area is 297 Å². The molecule has 10 rings (SSSR count). The largest absolute Gasteiger partial charge is 0.454 e. The van der Waals surface area contributed by atoms with Crippen LogP contribution in [-0.4, -0.2) is 0 Å². The number of hydrogen-bond acceptors (Lipinski definition) is 2. The first-order chi connectivity index (χ1) is 25.1. The van der Waals surface area contributed by atoms with Crippen LogP contribution in [-0.2, 0) is 5.41 Å². The van der Waals surface area contributed by atoms with Gasteiger partial charge >= 0.3 is 0 Å². The van der Waals surface area contributed by atoms with Gasteiger partial charge in [0.25, 0.3) is 0 Å². The lowest BCUT2D eigenvalue weighted by Crippen LogP contribution is -2.17. The Morgan fingerprint density at radius 1 is 0.431 bits per heavy atom. The van der Waals surface area contributed by atoms with Crippen LogP contribution in [0.5, 0.6) is 0 Å². The van der Waals surface area contributed by atoms with Crippen molar-refractivity contribution in [3.63, 3.8) is 0 Å². The number of hydrogen-bond donors (Lipinski definition) is 0. The van der Waals surface area contributed by atoms with Gasteiger partial charge in [0.1, 0.15) is 5.58 Å². The molecule has 1 heterocycles.